The Morgan fingerprint density at radius 1 is 0.424 bits per heavy atom. The Morgan fingerprint density at radius 2 is 0.773 bits per heavy atom. The van der Waals surface area contributed by atoms with E-state index in [9.17, 15) is 19.2 Å². The van der Waals surface area contributed by atoms with Gasteiger partial charge in [0.25, 0.3) is 23.6 Å². The lowest BCUT2D eigenvalue weighted by atomic mass is 9.91. The molecule has 0 radical (unpaired) electrons. The summed E-state index contributed by atoms with van der Waals surface area (Å²) in [5, 5.41) is 3.46. The molecule has 7 aromatic rings. The van der Waals surface area contributed by atoms with E-state index >= 15 is 0 Å². The number of nitrogens with zero attached hydrogens (tertiary/aromatic N) is 2. The topological polar surface area (TPSA) is 93.2 Å². The highest BCUT2D eigenvalue weighted by molar-refractivity contribution is 6.36. The fourth-order valence-electron chi connectivity index (χ4n) is 10.7. The minimum atomic E-state index is -0.444. The van der Waals surface area contributed by atoms with Crippen LogP contribution in [-0.2, 0) is 0 Å². The number of imide groups is 2. The van der Waals surface area contributed by atoms with Crippen LogP contribution in [0, 0.1) is 23.7 Å². The predicted octanol–water partition coefficient (Wildman–Crippen LogP) is 11.7. The van der Waals surface area contributed by atoms with Gasteiger partial charge < -0.3 is 9.47 Å². The van der Waals surface area contributed by atoms with Gasteiger partial charge in [-0.1, -0.05) is 122 Å². The molecule has 4 aliphatic rings. The van der Waals surface area contributed by atoms with E-state index in [-0.39, 0.29) is 33.8 Å². The molecule has 8 nitrogen and oxygen atoms in total. The zero-order valence-electron chi connectivity index (χ0n) is 36.7. The maximum atomic E-state index is 14.1. The van der Waals surface area contributed by atoms with Gasteiger partial charge >= 0.3 is 0 Å². The van der Waals surface area contributed by atoms with Crippen LogP contribution in [-0.4, -0.2) is 37.8 Å². The Kier molecular flexibility index (Phi) is 10.2. The van der Waals surface area contributed by atoms with Gasteiger partial charge in [0.1, 0.15) is 11.5 Å². The summed E-state index contributed by atoms with van der Waals surface area (Å²) in [5.74, 6) is 13.3. The molecule has 322 valence electrons. The summed E-state index contributed by atoms with van der Waals surface area (Å²) < 4.78 is 11.7. The van der Waals surface area contributed by atoms with Gasteiger partial charge in [-0.25, -0.2) is 9.80 Å². The number of carbonyl (C=O) groups is 4. The summed E-state index contributed by atoms with van der Waals surface area (Å²) in [7, 11) is 2.98. The zero-order chi connectivity index (χ0) is 45.1. The third-order valence-corrected chi connectivity index (χ3v) is 14.0. The van der Waals surface area contributed by atoms with Gasteiger partial charge in [-0.2, -0.15) is 0 Å². The first kappa shape index (κ1) is 40.8. The lowest BCUT2D eigenvalue weighted by Gasteiger charge is -2.16. The van der Waals surface area contributed by atoms with E-state index < -0.39 is 23.6 Å². The molecule has 0 spiro atoms. The van der Waals surface area contributed by atoms with Crippen LogP contribution in [0.3, 0.4) is 0 Å². The van der Waals surface area contributed by atoms with Crippen LogP contribution in [0.25, 0.3) is 21.5 Å². The molecule has 8 heteroatoms. The second kappa shape index (κ2) is 16.6. The molecule has 2 aliphatic heterocycles. The summed E-state index contributed by atoms with van der Waals surface area (Å²) in [4.78, 5) is 58.1. The lowest BCUT2D eigenvalue weighted by molar-refractivity contribution is 0.0909. The fraction of sp³-hybridized carbons (Fsp3) is 0.207. The second-order valence-corrected chi connectivity index (χ2v) is 17.5. The van der Waals surface area contributed by atoms with Crippen molar-refractivity contribution in [1.29, 1.82) is 0 Å². The average molecular weight is 865 g/mol. The van der Waals surface area contributed by atoms with Crippen LogP contribution in [0.4, 0.5) is 11.4 Å². The quantitative estimate of drug-likeness (QED) is 0.0939. The van der Waals surface area contributed by atoms with Crippen LogP contribution in [0.5, 0.6) is 11.5 Å². The van der Waals surface area contributed by atoms with Crippen LogP contribution in [0.1, 0.15) is 138 Å². The molecular formula is C58H44N2O6. The number of amides is 4. The third kappa shape index (κ3) is 6.63. The van der Waals surface area contributed by atoms with Crippen molar-refractivity contribution in [3.63, 3.8) is 0 Å². The van der Waals surface area contributed by atoms with E-state index in [4.69, 9.17) is 9.47 Å². The molecule has 11 rings (SSSR count). The molecule has 0 N–H and O–H groups in total. The second-order valence-electron chi connectivity index (χ2n) is 17.5. The minimum Gasteiger partial charge on any atom is -0.495 e. The Labute approximate surface area is 383 Å². The number of rotatable bonds is 6. The SMILES string of the molecule is COc1c(C#Cc2c3ccccc3c(C#Cc3ccc4c(c3OC)C(=O)N(c3ccc(C5CCCC5)cc3)C4=O)c3ccccc23)ccc2c1C(=O)N(c1ccc(C3CCCC3)cc1)C2=O. The molecule has 2 saturated carbocycles. The van der Waals surface area contributed by atoms with E-state index in [0.717, 1.165) is 58.4 Å². The standard InChI is InChI=1S/C58H44N2O6/c1-65-53-39(25-33-49-51(53)57(63)59(55(49)61)41-27-19-37(20-28-41)35-11-3-4-12-35)23-31-47-43-15-7-9-17-45(43)48(46-18-10-8-16-44(46)47)32-24-40-26-34-50-52(54(40)66-2)58(64)60(56(50)62)42-29-21-38(22-30-42)36-13-5-6-14-36/h7-10,15-22,25-30,33-36H,3-6,11-14H2,1-2H3. The molecule has 66 heavy (non-hydrogen) atoms. The van der Waals surface area contributed by atoms with Crippen LogP contribution in [0.15, 0.2) is 121 Å². The van der Waals surface area contributed by atoms with Crippen molar-refractivity contribution in [2.75, 3.05) is 24.0 Å². The van der Waals surface area contributed by atoms with Gasteiger partial charge in [0.15, 0.2) is 0 Å². The Morgan fingerprint density at radius 3 is 1.11 bits per heavy atom. The molecule has 0 saturated heterocycles. The van der Waals surface area contributed by atoms with Crippen LogP contribution >= 0.6 is 0 Å². The minimum absolute atomic E-state index is 0.198. The summed E-state index contributed by atoms with van der Waals surface area (Å²) >= 11 is 0. The van der Waals surface area contributed by atoms with Crippen molar-refractivity contribution in [2.45, 2.75) is 63.2 Å². The van der Waals surface area contributed by atoms with Gasteiger partial charge in [-0.15, -0.1) is 0 Å². The number of carbonyl (C=O) groups excluding carboxylic acids is 4. The third-order valence-electron chi connectivity index (χ3n) is 14.0. The highest BCUT2D eigenvalue weighted by Crippen LogP contribution is 2.41. The number of methoxy groups -OCH3 is 2. The highest BCUT2D eigenvalue weighted by Gasteiger charge is 2.41. The predicted molar refractivity (Wildman–Crippen MR) is 257 cm³/mol. The Balaban J connectivity index is 0.939. The molecule has 2 fully saturated rings. The van der Waals surface area contributed by atoms with E-state index in [1.54, 1.807) is 24.3 Å². The summed E-state index contributed by atoms with van der Waals surface area (Å²) in [6, 6.07) is 38.2. The molecule has 0 bridgehead atoms. The smallest absolute Gasteiger partial charge is 0.269 e. The number of hydrogen-bond donors (Lipinski definition) is 0. The summed E-state index contributed by atoms with van der Waals surface area (Å²) in [5.41, 5.74) is 6.95. The van der Waals surface area contributed by atoms with Gasteiger partial charge in [0.2, 0.25) is 0 Å². The van der Waals surface area contributed by atoms with E-state index in [2.05, 4.69) is 23.7 Å². The van der Waals surface area contributed by atoms with E-state index in [0.29, 0.717) is 34.3 Å². The molecule has 0 atom stereocenters. The zero-order valence-corrected chi connectivity index (χ0v) is 36.7. The fourth-order valence-corrected chi connectivity index (χ4v) is 10.7. The molecule has 0 unspecified atom stereocenters. The van der Waals surface area contributed by atoms with Crippen molar-refractivity contribution < 1.29 is 28.7 Å². The average Bonchev–Trinajstić information content (AvgIpc) is 4.18. The molecule has 7 aromatic carbocycles. The van der Waals surface area contributed by atoms with Crippen molar-refractivity contribution >= 4 is 56.5 Å². The summed E-state index contributed by atoms with van der Waals surface area (Å²) in [6.07, 6.45) is 9.53. The monoisotopic (exact) mass is 864 g/mol. The van der Waals surface area contributed by atoms with Crippen molar-refractivity contribution in [3.05, 3.63) is 177 Å². The Bertz CT molecular complexity index is 3050. The molecular weight excluding hydrogens is 821 g/mol. The van der Waals surface area contributed by atoms with Crippen molar-refractivity contribution in [2.24, 2.45) is 0 Å². The molecule has 2 aliphatic carbocycles. The first-order chi connectivity index (χ1) is 32.3. The lowest BCUT2D eigenvalue weighted by Crippen LogP contribution is -2.29. The number of hydrogen-bond acceptors (Lipinski definition) is 6. The summed E-state index contributed by atoms with van der Waals surface area (Å²) in [6.45, 7) is 0. The molecule has 2 heterocycles. The first-order valence-electron chi connectivity index (χ1n) is 22.7. The number of ether oxygens (including phenoxy) is 2. The van der Waals surface area contributed by atoms with Crippen LogP contribution < -0.4 is 19.3 Å². The van der Waals surface area contributed by atoms with Gasteiger partial charge in [0, 0.05) is 11.1 Å². The molecule has 0 aromatic heterocycles. The first-order valence-corrected chi connectivity index (χ1v) is 22.7. The van der Waals surface area contributed by atoms with E-state index in [1.807, 2.05) is 97.1 Å². The van der Waals surface area contributed by atoms with Crippen molar-refractivity contribution in [1.82, 2.24) is 0 Å². The highest BCUT2D eigenvalue weighted by atomic mass is 16.5. The maximum absolute atomic E-state index is 14.1. The van der Waals surface area contributed by atoms with Crippen LogP contribution in [0.2, 0.25) is 0 Å². The number of anilines is 2. The van der Waals surface area contributed by atoms with Gasteiger partial charge in [-0.05, 0) is 119 Å². The normalized spacial score (nSPS) is 15.8. The van der Waals surface area contributed by atoms with Crippen molar-refractivity contribution in [3.8, 4) is 35.2 Å². The maximum Gasteiger partial charge on any atom is 0.269 e. The molecule has 4 amide bonds. The Hall–Kier alpha value is -7.94. The number of fused-ring (bicyclic) bond motifs is 4. The number of benzene rings is 7. The van der Waals surface area contributed by atoms with E-state index in [1.165, 1.54) is 60.8 Å². The van der Waals surface area contributed by atoms with Gasteiger partial charge in [0.05, 0.1) is 59.0 Å². The largest absolute Gasteiger partial charge is 0.495 e. The van der Waals surface area contributed by atoms with Gasteiger partial charge in [-0.3, -0.25) is 19.2 Å².